The number of para-hydroxylation sites is 1. The summed E-state index contributed by atoms with van der Waals surface area (Å²) in [6.45, 7) is 3.31. The van der Waals surface area contributed by atoms with E-state index >= 15 is 0 Å². The lowest BCUT2D eigenvalue weighted by atomic mass is 9.98. The normalized spacial score (nSPS) is 15.8. The van der Waals surface area contributed by atoms with Gasteiger partial charge in [-0.1, -0.05) is 61.5 Å². The van der Waals surface area contributed by atoms with Gasteiger partial charge < -0.3 is 9.64 Å². The van der Waals surface area contributed by atoms with Gasteiger partial charge >= 0.3 is 0 Å². The molecule has 2 aliphatic heterocycles. The molecule has 0 fully saturated rings. The number of nitrogens with zero attached hydrogens (tertiary/aromatic N) is 2. The molecule has 2 heterocycles. The summed E-state index contributed by atoms with van der Waals surface area (Å²) in [7, 11) is 0. The molecule has 0 N–H and O–H groups in total. The molecule has 0 saturated heterocycles. The van der Waals surface area contributed by atoms with Gasteiger partial charge in [-0.15, -0.1) is 0 Å². The Balaban J connectivity index is 1.62. The fraction of sp³-hybridized carbons (Fsp3) is 0.214. The molecule has 33 heavy (non-hydrogen) atoms. The standard InChI is InChI=1S/C28H26N2O3/c1-2-18-33-23-15-8-14-22(19-23)30-27(31)25(21-11-4-3-5-12-21)26(28(30)32)29-17-9-13-20-10-6-7-16-24(20)29/h3-8,10-12,14-16,19H,2,9,13,17-18H2,1H3. The van der Waals surface area contributed by atoms with Crippen LogP contribution in [0.4, 0.5) is 11.4 Å². The SMILES string of the molecule is CCCOc1cccc(N2C(=O)C(c3ccccc3)=C(N3CCCc4ccccc43)C2=O)c1. The molecule has 0 saturated carbocycles. The van der Waals surface area contributed by atoms with E-state index in [2.05, 4.69) is 6.07 Å². The number of carbonyl (C=O) groups is 2. The summed E-state index contributed by atoms with van der Waals surface area (Å²) in [5.41, 5.74) is 4.34. The largest absolute Gasteiger partial charge is 0.494 e. The monoisotopic (exact) mass is 438 g/mol. The fourth-order valence-corrected chi connectivity index (χ4v) is 4.57. The lowest BCUT2D eigenvalue weighted by Crippen LogP contribution is -2.37. The van der Waals surface area contributed by atoms with E-state index in [1.807, 2.05) is 72.5 Å². The molecule has 0 unspecified atom stereocenters. The second-order valence-electron chi connectivity index (χ2n) is 8.27. The first-order valence-electron chi connectivity index (χ1n) is 11.5. The first kappa shape index (κ1) is 21.0. The van der Waals surface area contributed by atoms with E-state index in [0.29, 0.717) is 35.9 Å². The molecule has 0 aromatic heterocycles. The van der Waals surface area contributed by atoms with Gasteiger partial charge in [-0.05, 0) is 48.6 Å². The van der Waals surface area contributed by atoms with Crippen LogP contribution >= 0.6 is 0 Å². The van der Waals surface area contributed by atoms with Crippen molar-refractivity contribution in [3.05, 3.63) is 95.7 Å². The summed E-state index contributed by atoms with van der Waals surface area (Å²) in [6, 6.07) is 24.8. The second kappa shape index (κ2) is 8.94. The van der Waals surface area contributed by atoms with Crippen LogP contribution in [0.15, 0.2) is 84.6 Å². The number of anilines is 2. The summed E-state index contributed by atoms with van der Waals surface area (Å²) in [4.78, 5) is 31.0. The van der Waals surface area contributed by atoms with Crippen molar-refractivity contribution in [3.63, 3.8) is 0 Å². The third-order valence-corrected chi connectivity index (χ3v) is 6.05. The van der Waals surface area contributed by atoms with Gasteiger partial charge in [-0.3, -0.25) is 9.59 Å². The smallest absolute Gasteiger partial charge is 0.282 e. The van der Waals surface area contributed by atoms with Crippen LogP contribution in [0.5, 0.6) is 5.75 Å². The number of amides is 2. The first-order valence-corrected chi connectivity index (χ1v) is 11.5. The number of hydrogen-bond donors (Lipinski definition) is 0. The fourth-order valence-electron chi connectivity index (χ4n) is 4.57. The quantitative estimate of drug-likeness (QED) is 0.496. The lowest BCUT2D eigenvalue weighted by molar-refractivity contribution is -0.120. The Morgan fingerprint density at radius 2 is 1.67 bits per heavy atom. The maximum Gasteiger partial charge on any atom is 0.282 e. The van der Waals surface area contributed by atoms with E-state index in [0.717, 1.165) is 30.5 Å². The number of fused-ring (bicyclic) bond motifs is 1. The van der Waals surface area contributed by atoms with Crippen molar-refractivity contribution in [3.8, 4) is 5.75 Å². The lowest BCUT2D eigenvalue weighted by Gasteiger charge is -2.32. The molecular formula is C28H26N2O3. The number of hydrogen-bond acceptors (Lipinski definition) is 4. The molecule has 3 aromatic rings. The summed E-state index contributed by atoms with van der Waals surface area (Å²) in [6.07, 6.45) is 2.76. The molecule has 5 heteroatoms. The number of benzene rings is 3. The molecule has 0 atom stereocenters. The van der Waals surface area contributed by atoms with Crippen LogP contribution < -0.4 is 14.5 Å². The topological polar surface area (TPSA) is 49.9 Å². The Morgan fingerprint density at radius 3 is 2.48 bits per heavy atom. The van der Waals surface area contributed by atoms with Crippen LogP contribution in [0, 0.1) is 0 Å². The molecule has 166 valence electrons. The van der Waals surface area contributed by atoms with Crippen molar-refractivity contribution in [2.75, 3.05) is 23.0 Å². The minimum Gasteiger partial charge on any atom is -0.494 e. The summed E-state index contributed by atoms with van der Waals surface area (Å²) in [5.74, 6) is 0.0353. The third kappa shape index (κ3) is 3.80. The molecule has 0 bridgehead atoms. The van der Waals surface area contributed by atoms with Crippen LogP contribution in [-0.4, -0.2) is 25.0 Å². The van der Waals surface area contributed by atoms with Crippen molar-refractivity contribution in [1.29, 1.82) is 0 Å². The molecule has 0 radical (unpaired) electrons. The zero-order valence-corrected chi connectivity index (χ0v) is 18.7. The van der Waals surface area contributed by atoms with Gasteiger partial charge in [0.1, 0.15) is 11.4 Å². The van der Waals surface area contributed by atoms with Gasteiger partial charge in [0.2, 0.25) is 0 Å². The van der Waals surface area contributed by atoms with E-state index in [-0.39, 0.29) is 11.8 Å². The van der Waals surface area contributed by atoms with Gasteiger partial charge in [0, 0.05) is 18.3 Å². The number of ether oxygens (including phenoxy) is 1. The molecule has 5 rings (SSSR count). The van der Waals surface area contributed by atoms with Gasteiger partial charge in [0.05, 0.1) is 17.9 Å². The van der Waals surface area contributed by atoms with Crippen molar-refractivity contribution < 1.29 is 14.3 Å². The number of rotatable bonds is 6. The molecule has 0 aliphatic carbocycles. The van der Waals surface area contributed by atoms with Crippen LogP contribution in [0.1, 0.15) is 30.9 Å². The van der Waals surface area contributed by atoms with Crippen molar-refractivity contribution in [2.45, 2.75) is 26.2 Å². The maximum atomic E-state index is 13.9. The zero-order chi connectivity index (χ0) is 22.8. The highest BCUT2D eigenvalue weighted by atomic mass is 16.5. The van der Waals surface area contributed by atoms with E-state index < -0.39 is 0 Å². The van der Waals surface area contributed by atoms with Crippen LogP contribution in [0.2, 0.25) is 0 Å². The first-order chi connectivity index (χ1) is 16.2. The molecule has 2 amide bonds. The number of carbonyl (C=O) groups excluding carboxylic acids is 2. The highest BCUT2D eigenvalue weighted by Gasteiger charge is 2.43. The van der Waals surface area contributed by atoms with Crippen LogP contribution in [0.25, 0.3) is 5.57 Å². The van der Waals surface area contributed by atoms with E-state index in [9.17, 15) is 9.59 Å². The van der Waals surface area contributed by atoms with Gasteiger partial charge in [-0.2, -0.15) is 0 Å². The molecule has 5 nitrogen and oxygen atoms in total. The van der Waals surface area contributed by atoms with Gasteiger partial charge in [-0.25, -0.2) is 4.90 Å². The predicted molar refractivity (Wildman–Crippen MR) is 130 cm³/mol. The number of aryl methyl sites for hydroxylation is 1. The summed E-state index contributed by atoms with van der Waals surface area (Å²) < 4.78 is 5.75. The van der Waals surface area contributed by atoms with Gasteiger partial charge in [0.15, 0.2) is 0 Å². The van der Waals surface area contributed by atoms with Crippen molar-refractivity contribution in [2.24, 2.45) is 0 Å². The van der Waals surface area contributed by atoms with Crippen molar-refractivity contribution in [1.82, 2.24) is 0 Å². The average Bonchev–Trinajstić information content (AvgIpc) is 3.12. The summed E-state index contributed by atoms with van der Waals surface area (Å²) in [5, 5.41) is 0. The Hall–Kier alpha value is -3.86. The predicted octanol–water partition coefficient (Wildman–Crippen LogP) is 5.21. The number of imide groups is 1. The summed E-state index contributed by atoms with van der Waals surface area (Å²) >= 11 is 0. The highest BCUT2D eigenvalue weighted by molar-refractivity contribution is 6.46. The molecule has 2 aliphatic rings. The van der Waals surface area contributed by atoms with Crippen LogP contribution in [0.3, 0.4) is 0 Å². The average molecular weight is 439 g/mol. The minimum absolute atomic E-state index is 0.303. The Kier molecular flexibility index (Phi) is 5.69. The Bertz CT molecular complexity index is 1230. The Labute approximate surface area is 193 Å². The molecule has 0 spiro atoms. The minimum atomic E-state index is -0.308. The third-order valence-electron chi connectivity index (χ3n) is 6.05. The van der Waals surface area contributed by atoms with E-state index in [1.54, 1.807) is 12.1 Å². The zero-order valence-electron chi connectivity index (χ0n) is 18.7. The Morgan fingerprint density at radius 1 is 0.879 bits per heavy atom. The molecular weight excluding hydrogens is 412 g/mol. The second-order valence-corrected chi connectivity index (χ2v) is 8.27. The van der Waals surface area contributed by atoms with Crippen LogP contribution in [-0.2, 0) is 16.0 Å². The maximum absolute atomic E-state index is 13.9. The highest BCUT2D eigenvalue weighted by Crippen LogP contribution is 2.39. The van der Waals surface area contributed by atoms with Crippen molar-refractivity contribution >= 4 is 28.8 Å². The van der Waals surface area contributed by atoms with Gasteiger partial charge in [0.25, 0.3) is 11.8 Å². The molecule has 3 aromatic carbocycles. The van der Waals surface area contributed by atoms with E-state index in [4.69, 9.17) is 4.74 Å². The van der Waals surface area contributed by atoms with E-state index in [1.165, 1.54) is 10.5 Å².